The molecule has 0 aliphatic heterocycles. The van der Waals surface area contributed by atoms with Crippen molar-refractivity contribution in [2.45, 2.75) is 20.3 Å². The first-order valence-corrected chi connectivity index (χ1v) is 6.96. The summed E-state index contributed by atoms with van der Waals surface area (Å²) in [5, 5.41) is 0.816. The first-order valence-electron chi connectivity index (χ1n) is 4.96. The fourth-order valence-corrected chi connectivity index (χ4v) is 2.54. The third kappa shape index (κ3) is 3.28. The lowest BCUT2D eigenvalue weighted by Crippen LogP contribution is -2.33. The molecule has 84 valence electrons. The second kappa shape index (κ2) is 6.23. The third-order valence-electron chi connectivity index (χ3n) is 2.07. The molecule has 1 rings (SSSR count). The van der Waals surface area contributed by atoms with Crippen LogP contribution in [0.3, 0.4) is 0 Å². The molecule has 0 spiro atoms. The van der Waals surface area contributed by atoms with Crippen molar-refractivity contribution in [2.75, 3.05) is 18.4 Å². The summed E-state index contributed by atoms with van der Waals surface area (Å²) < 4.78 is 0. The molecule has 0 fully saturated rings. The van der Waals surface area contributed by atoms with Crippen molar-refractivity contribution in [2.24, 2.45) is 0 Å². The lowest BCUT2D eigenvalue weighted by Gasteiger charge is -2.20. The molecular formula is C10H15BrN2OS. The molecule has 1 heterocycles. The monoisotopic (exact) mass is 290 g/mol. The minimum absolute atomic E-state index is 0.108. The quantitative estimate of drug-likeness (QED) is 0.781. The number of alkyl halides is 1. The minimum Gasteiger partial charge on any atom is -0.337 e. The van der Waals surface area contributed by atoms with Gasteiger partial charge in [0.25, 0.3) is 5.91 Å². The van der Waals surface area contributed by atoms with E-state index in [1.54, 1.807) is 5.51 Å². The Morgan fingerprint density at radius 2 is 2.33 bits per heavy atom. The van der Waals surface area contributed by atoms with E-state index in [0.29, 0.717) is 0 Å². The van der Waals surface area contributed by atoms with Crippen molar-refractivity contribution in [3.8, 4) is 0 Å². The van der Waals surface area contributed by atoms with Gasteiger partial charge in [-0.15, -0.1) is 11.3 Å². The number of hydrogen-bond donors (Lipinski definition) is 0. The molecular weight excluding hydrogens is 276 g/mol. The molecule has 0 aliphatic carbocycles. The number of carbonyl (C=O) groups excluding carboxylic acids is 1. The van der Waals surface area contributed by atoms with E-state index in [2.05, 4.69) is 27.8 Å². The molecule has 0 radical (unpaired) electrons. The second-order valence-electron chi connectivity index (χ2n) is 3.25. The highest BCUT2D eigenvalue weighted by Crippen LogP contribution is 2.15. The summed E-state index contributed by atoms with van der Waals surface area (Å²) in [4.78, 5) is 18.8. The van der Waals surface area contributed by atoms with E-state index in [9.17, 15) is 4.79 Å². The van der Waals surface area contributed by atoms with Crippen molar-refractivity contribution < 1.29 is 4.79 Å². The highest BCUT2D eigenvalue weighted by atomic mass is 79.9. The summed E-state index contributed by atoms with van der Waals surface area (Å²) in [7, 11) is 0. The van der Waals surface area contributed by atoms with Crippen LogP contribution in [0.1, 0.15) is 28.7 Å². The van der Waals surface area contributed by atoms with Gasteiger partial charge in [0, 0.05) is 18.4 Å². The van der Waals surface area contributed by atoms with Gasteiger partial charge in [-0.05, 0) is 13.3 Å². The van der Waals surface area contributed by atoms with E-state index in [1.807, 2.05) is 11.8 Å². The van der Waals surface area contributed by atoms with Gasteiger partial charge >= 0.3 is 0 Å². The van der Waals surface area contributed by atoms with Crippen LogP contribution in [0, 0.1) is 6.92 Å². The number of aryl methyl sites for hydroxylation is 1. The fourth-order valence-electron chi connectivity index (χ4n) is 1.34. The SMILES string of the molecule is CCCN(CCBr)C(=O)c1scnc1C. The predicted octanol–water partition coefficient (Wildman–Crippen LogP) is 2.70. The van der Waals surface area contributed by atoms with Gasteiger partial charge in [-0.1, -0.05) is 22.9 Å². The number of thiazole rings is 1. The molecule has 0 saturated heterocycles. The molecule has 1 aromatic rings. The third-order valence-corrected chi connectivity index (χ3v) is 3.35. The molecule has 15 heavy (non-hydrogen) atoms. The Hall–Kier alpha value is -0.420. The smallest absolute Gasteiger partial charge is 0.265 e. The average Bonchev–Trinajstić information content (AvgIpc) is 2.63. The Bertz CT molecular complexity index is 321. The van der Waals surface area contributed by atoms with Crippen molar-refractivity contribution >= 4 is 33.2 Å². The molecule has 3 nitrogen and oxygen atoms in total. The number of amides is 1. The van der Waals surface area contributed by atoms with Gasteiger partial charge in [0.05, 0.1) is 11.2 Å². The highest BCUT2D eigenvalue weighted by molar-refractivity contribution is 9.09. The maximum Gasteiger partial charge on any atom is 0.265 e. The van der Waals surface area contributed by atoms with Crippen LogP contribution in [0.25, 0.3) is 0 Å². The predicted molar refractivity (Wildman–Crippen MR) is 66.8 cm³/mol. The molecule has 1 aromatic heterocycles. The number of aromatic nitrogens is 1. The molecule has 0 bridgehead atoms. The Balaban J connectivity index is 2.76. The van der Waals surface area contributed by atoms with E-state index in [4.69, 9.17) is 0 Å². The van der Waals surface area contributed by atoms with Gasteiger partial charge < -0.3 is 4.90 Å². The Kier molecular flexibility index (Phi) is 5.25. The Morgan fingerprint density at radius 3 is 2.80 bits per heavy atom. The van der Waals surface area contributed by atoms with Crippen molar-refractivity contribution in [1.29, 1.82) is 0 Å². The molecule has 0 atom stereocenters. The second-order valence-corrected chi connectivity index (χ2v) is 4.90. The first kappa shape index (κ1) is 12.6. The van der Waals surface area contributed by atoms with Crippen LogP contribution in [0.15, 0.2) is 5.51 Å². The van der Waals surface area contributed by atoms with Crippen LogP contribution >= 0.6 is 27.3 Å². The minimum atomic E-state index is 0.108. The Morgan fingerprint density at radius 1 is 1.60 bits per heavy atom. The summed E-state index contributed by atoms with van der Waals surface area (Å²) in [5.41, 5.74) is 2.56. The summed E-state index contributed by atoms with van der Waals surface area (Å²) in [6, 6.07) is 0. The lowest BCUT2D eigenvalue weighted by molar-refractivity contribution is 0.0770. The van der Waals surface area contributed by atoms with Gasteiger partial charge in [-0.25, -0.2) is 4.98 Å². The number of carbonyl (C=O) groups is 1. The normalized spacial score (nSPS) is 10.3. The van der Waals surface area contributed by atoms with Gasteiger partial charge in [0.15, 0.2) is 0 Å². The summed E-state index contributed by atoms with van der Waals surface area (Å²) in [5.74, 6) is 0.108. The van der Waals surface area contributed by atoms with E-state index in [1.165, 1.54) is 11.3 Å². The van der Waals surface area contributed by atoms with Crippen LogP contribution in [-0.2, 0) is 0 Å². The summed E-state index contributed by atoms with van der Waals surface area (Å²) >= 11 is 4.78. The maximum absolute atomic E-state index is 12.1. The van der Waals surface area contributed by atoms with Gasteiger partial charge in [0.1, 0.15) is 4.88 Å². The average molecular weight is 291 g/mol. The molecule has 1 amide bonds. The first-order chi connectivity index (χ1) is 7.20. The Labute approximate surface area is 103 Å². The zero-order chi connectivity index (χ0) is 11.3. The summed E-state index contributed by atoms with van der Waals surface area (Å²) in [6.07, 6.45) is 0.983. The van der Waals surface area contributed by atoms with Gasteiger partial charge in [0.2, 0.25) is 0 Å². The van der Waals surface area contributed by atoms with Crippen LogP contribution in [0.5, 0.6) is 0 Å². The number of hydrogen-bond acceptors (Lipinski definition) is 3. The van der Waals surface area contributed by atoms with E-state index in [0.717, 1.165) is 35.4 Å². The molecule has 5 heteroatoms. The van der Waals surface area contributed by atoms with E-state index >= 15 is 0 Å². The molecule has 0 aliphatic rings. The van der Waals surface area contributed by atoms with Gasteiger partial charge in [-0.3, -0.25) is 4.79 Å². The lowest BCUT2D eigenvalue weighted by atomic mass is 10.3. The van der Waals surface area contributed by atoms with Crippen LogP contribution in [0.2, 0.25) is 0 Å². The van der Waals surface area contributed by atoms with Gasteiger partial charge in [-0.2, -0.15) is 0 Å². The van der Waals surface area contributed by atoms with Crippen molar-refractivity contribution in [1.82, 2.24) is 9.88 Å². The maximum atomic E-state index is 12.1. The standard InChI is InChI=1S/C10H15BrN2OS/c1-3-5-13(6-4-11)10(14)9-8(2)12-7-15-9/h7H,3-6H2,1-2H3. The zero-order valence-electron chi connectivity index (χ0n) is 8.99. The van der Waals surface area contributed by atoms with Crippen LogP contribution in [0.4, 0.5) is 0 Å². The molecule has 0 N–H and O–H groups in total. The molecule has 0 saturated carbocycles. The van der Waals surface area contributed by atoms with Crippen molar-refractivity contribution in [3.63, 3.8) is 0 Å². The zero-order valence-corrected chi connectivity index (χ0v) is 11.4. The molecule has 0 unspecified atom stereocenters. The van der Waals surface area contributed by atoms with E-state index < -0.39 is 0 Å². The van der Waals surface area contributed by atoms with Crippen LogP contribution < -0.4 is 0 Å². The number of halogens is 1. The highest BCUT2D eigenvalue weighted by Gasteiger charge is 2.18. The fraction of sp³-hybridized carbons (Fsp3) is 0.600. The largest absolute Gasteiger partial charge is 0.337 e. The molecule has 0 aromatic carbocycles. The summed E-state index contributed by atoms with van der Waals surface area (Å²) in [6.45, 7) is 5.52. The van der Waals surface area contributed by atoms with E-state index in [-0.39, 0.29) is 5.91 Å². The number of rotatable bonds is 5. The number of nitrogens with zero attached hydrogens (tertiary/aromatic N) is 2. The topological polar surface area (TPSA) is 33.2 Å². The van der Waals surface area contributed by atoms with Crippen LogP contribution in [-0.4, -0.2) is 34.2 Å². The van der Waals surface area contributed by atoms with Crippen molar-refractivity contribution in [3.05, 3.63) is 16.1 Å².